The molecule has 0 N–H and O–H groups in total. The molecule has 0 radical (unpaired) electrons. The van der Waals surface area contributed by atoms with Crippen LogP contribution in [0.2, 0.25) is 0 Å². The smallest absolute Gasteiger partial charge is 0.188 e. The molecule has 0 bridgehead atoms. The lowest BCUT2D eigenvalue weighted by molar-refractivity contribution is -0.0350. The van der Waals surface area contributed by atoms with Gasteiger partial charge in [0.1, 0.15) is 0 Å². The highest BCUT2D eigenvalue weighted by molar-refractivity contribution is 5.04. The van der Waals surface area contributed by atoms with Crippen molar-refractivity contribution in [2.45, 2.75) is 13.8 Å². The Morgan fingerprint density at radius 2 is 2.12 bits per heavy atom. The molecule has 1 rings (SSSR count). The number of ether oxygens (including phenoxy) is 2. The molecule has 2 heteroatoms. The number of hydrogen-bond donors (Lipinski definition) is 0. The lowest BCUT2D eigenvalue weighted by atomic mass is 10.3. The topological polar surface area (TPSA) is 18.5 Å². The van der Waals surface area contributed by atoms with Gasteiger partial charge in [-0.3, -0.25) is 0 Å². The van der Waals surface area contributed by atoms with E-state index >= 15 is 0 Å². The molecule has 0 fully saturated rings. The largest absolute Gasteiger partial charge is 0.472 e. The monoisotopic (exact) mass is 114 g/mol. The third-order valence-electron chi connectivity index (χ3n) is 1.28. The lowest BCUT2D eigenvalue weighted by Crippen LogP contribution is -2.09. The van der Waals surface area contributed by atoms with E-state index in [0.29, 0.717) is 6.79 Å². The first kappa shape index (κ1) is 5.63. The van der Waals surface area contributed by atoms with Crippen molar-refractivity contribution >= 4 is 0 Å². The van der Waals surface area contributed by atoms with Gasteiger partial charge in [0.2, 0.25) is 0 Å². The fourth-order valence-electron chi connectivity index (χ4n) is 0.550. The van der Waals surface area contributed by atoms with Crippen molar-refractivity contribution in [3.05, 3.63) is 11.3 Å². The van der Waals surface area contributed by atoms with Gasteiger partial charge in [-0.15, -0.1) is 0 Å². The molecule has 0 unspecified atom stereocenters. The molecule has 0 aliphatic carbocycles. The van der Waals surface area contributed by atoms with E-state index in [0.717, 1.165) is 12.4 Å². The van der Waals surface area contributed by atoms with Crippen LogP contribution in [0, 0.1) is 0 Å². The molecular weight excluding hydrogens is 104 g/mol. The number of rotatable bonds is 0. The Hall–Kier alpha value is -0.500. The molecule has 0 aromatic carbocycles. The van der Waals surface area contributed by atoms with Gasteiger partial charge in [-0.25, -0.2) is 0 Å². The molecule has 1 aliphatic heterocycles. The molecule has 0 saturated heterocycles. The highest BCUT2D eigenvalue weighted by Crippen LogP contribution is 2.09. The maximum absolute atomic E-state index is 5.05. The lowest BCUT2D eigenvalue weighted by Gasteiger charge is -2.15. The SMILES string of the molecule is CC1=C(C)OCOC1. The van der Waals surface area contributed by atoms with E-state index < -0.39 is 0 Å². The average Bonchev–Trinajstić information content (AvgIpc) is 1.77. The molecule has 2 nitrogen and oxygen atoms in total. The van der Waals surface area contributed by atoms with Crippen LogP contribution in [0.1, 0.15) is 13.8 Å². The first-order valence-electron chi connectivity index (χ1n) is 2.67. The highest BCUT2D eigenvalue weighted by atomic mass is 16.7. The van der Waals surface area contributed by atoms with Crippen LogP contribution in [-0.4, -0.2) is 13.4 Å². The van der Waals surface area contributed by atoms with Gasteiger partial charge < -0.3 is 9.47 Å². The predicted octanol–water partition coefficient (Wildman–Crippen LogP) is 1.28. The van der Waals surface area contributed by atoms with E-state index in [4.69, 9.17) is 9.47 Å². The van der Waals surface area contributed by atoms with Crippen molar-refractivity contribution in [2.75, 3.05) is 13.4 Å². The van der Waals surface area contributed by atoms with Crippen LogP contribution >= 0.6 is 0 Å². The molecule has 0 atom stereocenters. The zero-order chi connectivity index (χ0) is 5.98. The molecule has 1 heterocycles. The third kappa shape index (κ3) is 1.01. The Morgan fingerprint density at radius 1 is 1.38 bits per heavy atom. The molecule has 1 aliphatic rings. The van der Waals surface area contributed by atoms with Crippen molar-refractivity contribution in [1.82, 2.24) is 0 Å². The van der Waals surface area contributed by atoms with Crippen LogP contribution in [-0.2, 0) is 9.47 Å². The van der Waals surface area contributed by atoms with Gasteiger partial charge >= 0.3 is 0 Å². The standard InChI is InChI=1S/C6H10O2/c1-5-3-7-4-8-6(5)2/h3-4H2,1-2H3. The van der Waals surface area contributed by atoms with E-state index in [1.54, 1.807) is 0 Å². The van der Waals surface area contributed by atoms with E-state index in [9.17, 15) is 0 Å². The number of hydrogen-bond acceptors (Lipinski definition) is 2. The molecular formula is C6H10O2. The highest BCUT2D eigenvalue weighted by Gasteiger charge is 2.03. The summed E-state index contributed by atoms with van der Waals surface area (Å²) in [6.07, 6.45) is 0. The van der Waals surface area contributed by atoms with Crippen LogP contribution in [0.3, 0.4) is 0 Å². The summed E-state index contributed by atoms with van der Waals surface area (Å²) in [5.41, 5.74) is 1.19. The third-order valence-corrected chi connectivity index (χ3v) is 1.28. The summed E-state index contributed by atoms with van der Waals surface area (Å²) in [4.78, 5) is 0. The van der Waals surface area contributed by atoms with Crippen LogP contribution in [0.15, 0.2) is 11.3 Å². The first-order chi connectivity index (χ1) is 3.80. The Bertz CT molecular complexity index is 102. The molecule has 8 heavy (non-hydrogen) atoms. The second kappa shape index (κ2) is 2.18. The van der Waals surface area contributed by atoms with Crippen LogP contribution in [0.25, 0.3) is 0 Å². The van der Waals surface area contributed by atoms with Crippen molar-refractivity contribution in [3.63, 3.8) is 0 Å². The quantitative estimate of drug-likeness (QED) is 0.472. The zero-order valence-corrected chi connectivity index (χ0v) is 5.23. The molecule has 0 spiro atoms. The predicted molar refractivity (Wildman–Crippen MR) is 30.3 cm³/mol. The summed E-state index contributed by atoms with van der Waals surface area (Å²) in [7, 11) is 0. The van der Waals surface area contributed by atoms with Gasteiger partial charge in [-0.1, -0.05) is 0 Å². The Kier molecular flexibility index (Phi) is 1.53. The van der Waals surface area contributed by atoms with Crippen molar-refractivity contribution in [2.24, 2.45) is 0 Å². The van der Waals surface area contributed by atoms with Gasteiger partial charge in [0.15, 0.2) is 6.79 Å². The summed E-state index contributed by atoms with van der Waals surface area (Å²) < 4.78 is 10.0. The Balaban J connectivity index is 2.60. The fourth-order valence-corrected chi connectivity index (χ4v) is 0.550. The molecule has 0 saturated carbocycles. The molecule has 0 amide bonds. The molecule has 46 valence electrons. The second-order valence-electron chi connectivity index (χ2n) is 1.95. The minimum Gasteiger partial charge on any atom is -0.472 e. The summed E-state index contributed by atoms with van der Waals surface area (Å²) in [5.74, 6) is 1.01. The van der Waals surface area contributed by atoms with Crippen molar-refractivity contribution in [1.29, 1.82) is 0 Å². The van der Waals surface area contributed by atoms with Crippen LogP contribution < -0.4 is 0 Å². The maximum atomic E-state index is 5.05. The van der Waals surface area contributed by atoms with Gasteiger partial charge in [0.05, 0.1) is 12.4 Å². The first-order valence-corrected chi connectivity index (χ1v) is 2.67. The summed E-state index contributed by atoms with van der Waals surface area (Å²) in [6.45, 7) is 5.11. The Morgan fingerprint density at radius 3 is 2.50 bits per heavy atom. The van der Waals surface area contributed by atoms with Crippen LogP contribution in [0.4, 0.5) is 0 Å². The van der Waals surface area contributed by atoms with E-state index in [1.807, 2.05) is 13.8 Å². The summed E-state index contributed by atoms with van der Waals surface area (Å²) in [5, 5.41) is 0. The van der Waals surface area contributed by atoms with Gasteiger partial charge in [0.25, 0.3) is 0 Å². The molecule has 0 aromatic rings. The fraction of sp³-hybridized carbons (Fsp3) is 0.667. The summed E-state index contributed by atoms with van der Waals surface area (Å²) in [6, 6.07) is 0. The second-order valence-corrected chi connectivity index (χ2v) is 1.95. The van der Waals surface area contributed by atoms with E-state index in [1.165, 1.54) is 5.57 Å². The zero-order valence-electron chi connectivity index (χ0n) is 5.23. The maximum Gasteiger partial charge on any atom is 0.188 e. The Labute approximate surface area is 49.1 Å². The minimum atomic E-state index is 0.420. The average molecular weight is 114 g/mol. The van der Waals surface area contributed by atoms with Gasteiger partial charge in [0, 0.05) is 0 Å². The molecule has 0 aromatic heterocycles. The summed E-state index contributed by atoms with van der Waals surface area (Å²) >= 11 is 0. The normalized spacial score (nSPS) is 20.8. The van der Waals surface area contributed by atoms with Crippen molar-refractivity contribution in [3.8, 4) is 0 Å². The minimum absolute atomic E-state index is 0.420. The van der Waals surface area contributed by atoms with Crippen molar-refractivity contribution < 1.29 is 9.47 Å². The van der Waals surface area contributed by atoms with Gasteiger partial charge in [-0.2, -0.15) is 0 Å². The van der Waals surface area contributed by atoms with E-state index in [2.05, 4.69) is 0 Å². The van der Waals surface area contributed by atoms with Gasteiger partial charge in [-0.05, 0) is 19.4 Å². The van der Waals surface area contributed by atoms with E-state index in [-0.39, 0.29) is 0 Å². The number of allylic oxidation sites excluding steroid dienone is 1. The van der Waals surface area contributed by atoms with Crippen LogP contribution in [0.5, 0.6) is 0 Å².